The summed E-state index contributed by atoms with van der Waals surface area (Å²) in [6.45, 7) is 0. The molecule has 0 bridgehead atoms. The molecule has 1 saturated carbocycles. The van der Waals surface area contributed by atoms with Crippen LogP contribution in [0.15, 0.2) is 36.8 Å². The zero-order valence-corrected chi connectivity index (χ0v) is 13.4. The number of fused-ring (bicyclic) bond motifs is 1. The van der Waals surface area contributed by atoms with Crippen LogP contribution in [0.5, 0.6) is 0 Å². The molecule has 1 aromatic carbocycles. The minimum Gasteiger partial charge on any atom is -0.364 e. The van der Waals surface area contributed by atoms with E-state index in [-0.39, 0.29) is 12.1 Å². The van der Waals surface area contributed by atoms with Gasteiger partial charge in [0, 0.05) is 23.2 Å². The molecule has 0 radical (unpaired) electrons. The highest BCUT2D eigenvalue weighted by Crippen LogP contribution is 2.22. The standard InChI is InChI=1S/C17H21N7/c18-13-3-1-2-4-15(13)22-17-10-19-9-16(23-17)21-12-5-6-14-11(7-12)8-20-24-14/h5-10,13,15H,1-4,18H2,(H,20,24)(H2,21,22,23)/t13-,15+/m0/s1. The molecular formula is C17H21N7. The second kappa shape index (κ2) is 6.45. The van der Waals surface area contributed by atoms with E-state index >= 15 is 0 Å². The zero-order chi connectivity index (χ0) is 16.4. The molecule has 0 unspecified atom stereocenters. The third-order valence-electron chi connectivity index (χ3n) is 4.50. The molecule has 124 valence electrons. The Morgan fingerprint density at radius 2 is 1.96 bits per heavy atom. The van der Waals surface area contributed by atoms with Crippen LogP contribution in [0, 0.1) is 0 Å². The normalized spacial score (nSPS) is 20.9. The van der Waals surface area contributed by atoms with E-state index in [1.165, 1.54) is 12.8 Å². The third kappa shape index (κ3) is 3.16. The van der Waals surface area contributed by atoms with Crippen LogP contribution in [0.2, 0.25) is 0 Å². The van der Waals surface area contributed by atoms with Crippen LogP contribution in [0.4, 0.5) is 17.3 Å². The first-order chi connectivity index (χ1) is 11.8. The van der Waals surface area contributed by atoms with E-state index in [4.69, 9.17) is 5.73 Å². The van der Waals surface area contributed by atoms with Crippen LogP contribution < -0.4 is 16.4 Å². The lowest BCUT2D eigenvalue weighted by atomic mass is 9.91. The summed E-state index contributed by atoms with van der Waals surface area (Å²) in [5, 5.41) is 14.7. The fourth-order valence-electron chi connectivity index (χ4n) is 3.19. The SMILES string of the molecule is N[C@H]1CCCC[C@H]1Nc1cncc(Nc2ccc3[nH]ncc3c2)n1. The molecule has 0 spiro atoms. The molecule has 3 aromatic rings. The summed E-state index contributed by atoms with van der Waals surface area (Å²) >= 11 is 0. The van der Waals surface area contributed by atoms with Crippen LogP contribution in [0.1, 0.15) is 25.7 Å². The number of aromatic amines is 1. The molecule has 24 heavy (non-hydrogen) atoms. The van der Waals surface area contributed by atoms with Crippen LogP contribution in [0.25, 0.3) is 10.9 Å². The summed E-state index contributed by atoms with van der Waals surface area (Å²) < 4.78 is 0. The van der Waals surface area contributed by atoms with E-state index in [1.807, 2.05) is 18.2 Å². The lowest BCUT2D eigenvalue weighted by molar-refractivity contribution is 0.403. The first-order valence-corrected chi connectivity index (χ1v) is 8.32. The summed E-state index contributed by atoms with van der Waals surface area (Å²) in [4.78, 5) is 8.88. The first-order valence-electron chi connectivity index (χ1n) is 8.32. The highest BCUT2D eigenvalue weighted by molar-refractivity contribution is 5.82. The zero-order valence-electron chi connectivity index (χ0n) is 13.4. The van der Waals surface area contributed by atoms with E-state index in [0.717, 1.165) is 35.2 Å². The van der Waals surface area contributed by atoms with Gasteiger partial charge < -0.3 is 16.4 Å². The molecule has 4 rings (SSSR count). The summed E-state index contributed by atoms with van der Waals surface area (Å²) in [7, 11) is 0. The number of anilines is 3. The number of nitrogens with two attached hydrogens (primary N) is 1. The molecule has 2 aromatic heterocycles. The fourth-order valence-corrected chi connectivity index (χ4v) is 3.19. The van der Waals surface area contributed by atoms with Crippen molar-refractivity contribution >= 4 is 28.2 Å². The predicted octanol–water partition coefficient (Wildman–Crippen LogP) is 2.78. The molecular weight excluding hydrogens is 302 g/mol. The summed E-state index contributed by atoms with van der Waals surface area (Å²) in [6.07, 6.45) is 9.82. The van der Waals surface area contributed by atoms with E-state index in [9.17, 15) is 0 Å². The number of hydrogen-bond donors (Lipinski definition) is 4. The van der Waals surface area contributed by atoms with Crippen molar-refractivity contribution < 1.29 is 0 Å². The molecule has 1 aliphatic carbocycles. The summed E-state index contributed by atoms with van der Waals surface area (Å²) in [6, 6.07) is 6.45. The molecule has 0 aliphatic heterocycles. The Morgan fingerprint density at radius 3 is 2.88 bits per heavy atom. The third-order valence-corrected chi connectivity index (χ3v) is 4.50. The number of nitrogens with one attached hydrogen (secondary N) is 3. The van der Waals surface area contributed by atoms with Gasteiger partial charge in [0.1, 0.15) is 5.82 Å². The van der Waals surface area contributed by atoms with Gasteiger partial charge in [-0.15, -0.1) is 0 Å². The number of benzene rings is 1. The van der Waals surface area contributed by atoms with Gasteiger partial charge in [-0.2, -0.15) is 5.10 Å². The van der Waals surface area contributed by atoms with Gasteiger partial charge in [0.2, 0.25) is 0 Å². The first kappa shape index (κ1) is 14.9. The second-order valence-corrected chi connectivity index (χ2v) is 6.29. The van der Waals surface area contributed by atoms with Crippen molar-refractivity contribution in [3.8, 4) is 0 Å². The molecule has 2 heterocycles. The second-order valence-electron chi connectivity index (χ2n) is 6.29. The lowest BCUT2D eigenvalue weighted by Gasteiger charge is -2.29. The Hall–Kier alpha value is -2.67. The average molecular weight is 323 g/mol. The van der Waals surface area contributed by atoms with E-state index in [1.54, 1.807) is 18.6 Å². The molecule has 0 amide bonds. The van der Waals surface area contributed by atoms with Gasteiger partial charge in [-0.3, -0.25) is 10.1 Å². The van der Waals surface area contributed by atoms with Crippen LogP contribution in [-0.4, -0.2) is 32.2 Å². The van der Waals surface area contributed by atoms with Crippen LogP contribution >= 0.6 is 0 Å². The van der Waals surface area contributed by atoms with Crippen molar-refractivity contribution in [3.63, 3.8) is 0 Å². The highest BCUT2D eigenvalue weighted by Gasteiger charge is 2.21. The van der Waals surface area contributed by atoms with Gasteiger partial charge >= 0.3 is 0 Å². The maximum atomic E-state index is 6.20. The number of nitrogens with zero attached hydrogens (tertiary/aromatic N) is 3. The molecule has 0 saturated heterocycles. The average Bonchev–Trinajstić information content (AvgIpc) is 3.05. The van der Waals surface area contributed by atoms with Gasteiger partial charge in [0.05, 0.1) is 24.1 Å². The Labute approximate surface area is 140 Å². The number of rotatable bonds is 4. The van der Waals surface area contributed by atoms with Crippen molar-refractivity contribution in [2.75, 3.05) is 10.6 Å². The Kier molecular flexibility index (Phi) is 4.00. The number of aromatic nitrogens is 4. The molecule has 2 atom stereocenters. The molecule has 7 nitrogen and oxygen atoms in total. The summed E-state index contributed by atoms with van der Waals surface area (Å²) in [5.41, 5.74) is 8.15. The summed E-state index contributed by atoms with van der Waals surface area (Å²) in [5.74, 6) is 1.46. The molecule has 5 N–H and O–H groups in total. The van der Waals surface area contributed by atoms with Crippen molar-refractivity contribution in [2.24, 2.45) is 5.73 Å². The van der Waals surface area contributed by atoms with Crippen molar-refractivity contribution in [1.82, 2.24) is 20.2 Å². The molecule has 1 aliphatic rings. The van der Waals surface area contributed by atoms with Crippen LogP contribution in [-0.2, 0) is 0 Å². The lowest BCUT2D eigenvalue weighted by Crippen LogP contribution is -2.42. The Balaban J connectivity index is 1.49. The van der Waals surface area contributed by atoms with Gasteiger partial charge in [-0.25, -0.2) is 4.98 Å². The fraction of sp³-hybridized carbons (Fsp3) is 0.353. The Morgan fingerprint density at radius 1 is 1.08 bits per heavy atom. The number of hydrogen-bond acceptors (Lipinski definition) is 6. The van der Waals surface area contributed by atoms with E-state index < -0.39 is 0 Å². The predicted molar refractivity (Wildman–Crippen MR) is 95.3 cm³/mol. The molecule has 1 fully saturated rings. The maximum absolute atomic E-state index is 6.20. The van der Waals surface area contributed by atoms with Gasteiger partial charge in [-0.05, 0) is 31.0 Å². The van der Waals surface area contributed by atoms with Crippen LogP contribution in [0.3, 0.4) is 0 Å². The van der Waals surface area contributed by atoms with Crippen molar-refractivity contribution in [2.45, 2.75) is 37.8 Å². The monoisotopic (exact) mass is 323 g/mol. The van der Waals surface area contributed by atoms with Gasteiger partial charge in [0.15, 0.2) is 5.82 Å². The Bertz CT molecular complexity index is 828. The van der Waals surface area contributed by atoms with E-state index in [2.05, 4.69) is 30.8 Å². The van der Waals surface area contributed by atoms with Gasteiger partial charge in [-0.1, -0.05) is 12.8 Å². The van der Waals surface area contributed by atoms with Crippen molar-refractivity contribution in [3.05, 3.63) is 36.8 Å². The smallest absolute Gasteiger partial charge is 0.151 e. The van der Waals surface area contributed by atoms with Gasteiger partial charge in [0.25, 0.3) is 0 Å². The highest BCUT2D eigenvalue weighted by atomic mass is 15.1. The maximum Gasteiger partial charge on any atom is 0.151 e. The quantitative estimate of drug-likeness (QED) is 0.588. The van der Waals surface area contributed by atoms with Crippen molar-refractivity contribution in [1.29, 1.82) is 0 Å². The largest absolute Gasteiger partial charge is 0.364 e. The minimum atomic E-state index is 0.181. The topological polar surface area (TPSA) is 105 Å². The van der Waals surface area contributed by atoms with E-state index in [0.29, 0.717) is 5.82 Å². The number of H-pyrrole nitrogens is 1. The minimum absolute atomic E-state index is 0.181. The molecule has 7 heteroatoms.